The van der Waals surface area contributed by atoms with Crippen molar-refractivity contribution in [1.82, 2.24) is 0 Å². The zero-order chi connectivity index (χ0) is 14.2. The van der Waals surface area contributed by atoms with E-state index in [0.717, 1.165) is 6.07 Å². The van der Waals surface area contributed by atoms with E-state index in [1.165, 1.54) is 26.0 Å². The van der Waals surface area contributed by atoms with E-state index < -0.39 is 23.6 Å². The smallest absolute Gasteiger partial charge is 0.323 e. The van der Waals surface area contributed by atoms with Gasteiger partial charge in [0.1, 0.15) is 11.5 Å². The molecule has 0 bridgehead atoms. The van der Waals surface area contributed by atoms with Gasteiger partial charge in [-0.25, -0.2) is 0 Å². The first kappa shape index (κ1) is 13.2. The zero-order valence-electron chi connectivity index (χ0n) is 10.5. The predicted octanol–water partition coefficient (Wildman–Crippen LogP) is 1.09. The van der Waals surface area contributed by atoms with Crippen LogP contribution in [0.4, 0.5) is 0 Å². The molecule has 6 nitrogen and oxygen atoms in total. The van der Waals surface area contributed by atoms with Crippen LogP contribution in [0.5, 0.6) is 11.5 Å². The van der Waals surface area contributed by atoms with E-state index in [2.05, 4.69) is 0 Å². The van der Waals surface area contributed by atoms with Gasteiger partial charge in [0.2, 0.25) is 0 Å². The number of cyclic esters (lactones) is 2. The van der Waals surface area contributed by atoms with Crippen LogP contribution in [0.25, 0.3) is 0 Å². The van der Waals surface area contributed by atoms with Crippen LogP contribution in [0.1, 0.15) is 19.4 Å². The summed E-state index contributed by atoms with van der Waals surface area (Å²) in [7, 11) is 0. The molecule has 0 atom stereocenters. The lowest BCUT2D eigenvalue weighted by atomic mass is 9.97. The summed E-state index contributed by atoms with van der Waals surface area (Å²) in [5.41, 5.74) is 0.358. The van der Waals surface area contributed by atoms with Gasteiger partial charge in [-0.1, -0.05) is 6.07 Å². The van der Waals surface area contributed by atoms with Gasteiger partial charge in [0, 0.05) is 19.9 Å². The van der Waals surface area contributed by atoms with Crippen LogP contribution in [0.2, 0.25) is 0 Å². The standard InChI is InChI=1S/C13H14O6/c1-13(2)18-11(16)9(12(17)19-13)5-7-3-4-8(14)6-10(7)15/h3-4,6,9,14-15H,5H2,1-2H3. The molecule has 2 N–H and O–H groups in total. The minimum absolute atomic E-state index is 0.0418. The molecular weight excluding hydrogens is 252 g/mol. The predicted molar refractivity (Wildman–Crippen MR) is 63.2 cm³/mol. The highest BCUT2D eigenvalue weighted by molar-refractivity contribution is 5.97. The number of carbonyl (C=O) groups is 2. The van der Waals surface area contributed by atoms with Gasteiger partial charge >= 0.3 is 11.9 Å². The maximum absolute atomic E-state index is 11.7. The van der Waals surface area contributed by atoms with Crippen molar-refractivity contribution >= 4 is 11.9 Å². The SMILES string of the molecule is CC1(C)OC(=O)C(Cc2ccc(O)cc2O)C(=O)O1. The maximum Gasteiger partial charge on any atom is 0.323 e. The van der Waals surface area contributed by atoms with Gasteiger partial charge in [-0.3, -0.25) is 9.59 Å². The van der Waals surface area contributed by atoms with Crippen LogP contribution in [0.15, 0.2) is 18.2 Å². The number of hydrogen-bond acceptors (Lipinski definition) is 6. The summed E-state index contributed by atoms with van der Waals surface area (Å²) in [5.74, 6) is -4.03. The van der Waals surface area contributed by atoms with Crippen molar-refractivity contribution in [2.45, 2.75) is 26.1 Å². The Hall–Kier alpha value is -2.24. The number of aromatic hydroxyl groups is 2. The van der Waals surface area contributed by atoms with E-state index in [1.54, 1.807) is 0 Å². The molecule has 6 heteroatoms. The molecule has 1 aliphatic heterocycles. The second-order valence-electron chi connectivity index (χ2n) is 4.81. The first-order valence-electron chi connectivity index (χ1n) is 5.75. The third-order valence-corrected chi connectivity index (χ3v) is 2.75. The van der Waals surface area contributed by atoms with Gasteiger partial charge in [-0.2, -0.15) is 0 Å². The number of phenols is 2. The fourth-order valence-corrected chi connectivity index (χ4v) is 1.86. The molecule has 0 aliphatic carbocycles. The van der Waals surface area contributed by atoms with Crippen molar-refractivity contribution in [2.24, 2.45) is 5.92 Å². The van der Waals surface area contributed by atoms with E-state index >= 15 is 0 Å². The summed E-state index contributed by atoms with van der Waals surface area (Å²) in [6.45, 7) is 2.94. The highest BCUT2D eigenvalue weighted by Crippen LogP contribution is 2.29. The Morgan fingerprint density at radius 3 is 2.26 bits per heavy atom. The van der Waals surface area contributed by atoms with E-state index in [1.807, 2.05) is 0 Å². The van der Waals surface area contributed by atoms with Crippen LogP contribution in [-0.2, 0) is 25.5 Å². The third kappa shape index (κ3) is 2.78. The van der Waals surface area contributed by atoms with Crippen LogP contribution < -0.4 is 0 Å². The minimum atomic E-state index is -1.26. The van der Waals surface area contributed by atoms with Crippen molar-refractivity contribution < 1.29 is 29.3 Å². The number of benzene rings is 1. The Bertz CT molecular complexity index is 514. The van der Waals surface area contributed by atoms with Crippen molar-refractivity contribution in [2.75, 3.05) is 0 Å². The summed E-state index contributed by atoms with van der Waals surface area (Å²) in [5, 5.41) is 18.8. The van der Waals surface area contributed by atoms with Crippen LogP contribution in [-0.4, -0.2) is 27.9 Å². The molecule has 1 aliphatic rings. The number of esters is 2. The van der Waals surface area contributed by atoms with Crippen LogP contribution in [0.3, 0.4) is 0 Å². The van der Waals surface area contributed by atoms with Gasteiger partial charge in [-0.05, 0) is 18.1 Å². The molecule has 102 valence electrons. The topological polar surface area (TPSA) is 93.1 Å². The monoisotopic (exact) mass is 266 g/mol. The molecule has 0 aromatic heterocycles. The van der Waals surface area contributed by atoms with E-state index in [4.69, 9.17) is 9.47 Å². The zero-order valence-corrected chi connectivity index (χ0v) is 10.5. The molecule has 1 aromatic rings. The molecule has 0 amide bonds. The third-order valence-electron chi connectivity index (χ3n) is 2.75. The van der Waals surface area contributed by atoms with E-state index in [-0.39, 0.29) is 17.9 Å². The Morgan fingerprint density at radius 2 is 1.74 bits per heavy atom. The molecule has 1 aromatic carbocycles. The second kappa shape index (κ2) is 4.46. The van der Waals surface area contributed by atoms with Gasteiger partial charge in [0.15, 0.2) is 5.92 Å². The Morgan fingerprint density at radius 1 is 1.16 bits per heavy atom. The van der Waals surface area contributed by atoms with E-state index in [9.17, 15) is 19.8 Å². The lowest BCUT2D eigenvalue weighted by Crippen LogP contribution is -2.46. The maximum atomic E-state index is 11.7. The van der Waals surface area contributed by atoms with E-state index in [0.29, 0.717) is 5.56 Å². The number of ether oxygens (including phenoxy) is 2. The van der Waals surface area contributed by atoms with Crippen molar-refractivity contribution in [3.05, 3.63) is 23.8 Å². The number of phenolic OH excluding ortho intramolecular Hbond substituents is 2. The van der Waals surface area contributed by atoms with Gasteiger partial charge < -0.3 is 19.7 Å². The van der Waals surface area contributed by atoms with Gasteiger partial charge in [0.25, 0.3) is 5.79 Å². The summed E-state index contributed by atoms with van der Waals surface area (Å²) in [4.78, 5) is 23.5. The fourth-order valence-electron chi connectivity index (χ4n) is 1.86. The quantitative estimate of drug-likeness (QED) is 0.615. The Balaban J connectivity index is 2.19. The number of hydrogen-bond donors (Lipinski definition) is 2. The average molecular weight is 266 g/mol. The van der Waals surface area contributed by atoms with Crippen LogP contribution >= 0.6 is 0 Å². The molecule has 1 saturated heterocycles. The lowest BCUT2D eigenvalue weighted by molar-refractivity contribution is -0.239. The molecule has 19 heavy (non-hydrogen) atoms. The molecule has 1 fully saturated rings. The summed E-state index contributed by atoms with van der Waals surface area (Å²) in [6.07, 6.45) is -0.0418. The van der Waals surface area contributed by atoms with Crippen molar-refractivity contribution in [1.29, 1.82) is 0 Å². The van der Waals surface area contributed by atoms with Gasteiger partial charge in [-0.15, -0.1) is 0 Å². The minimum Gasteiger partial charge on any atom is -0.508 e. The molecule has 0 spiro atoms. The highest BCUT2D eigenvalue weighted by Gasteiger charge is 2.43. The first-order chi connectivity index (χ1) is 8.78. The summed E-state index contributed by atoms with van der Waals surface area (Å²) in [6, 6.07) is 3.93. The highest BCUT2D eigenvalue weighted by atomic mass is 16.7. The molecular formula is C13H14O6. The number of carbonyl (C=O) groups excluding carboxylic acids is 2. The first-order valence-corrected chi connectivity index (χ1v) is 5.75. The lowest BCUT2D eigenvalue weighted by Gasteiger charge is -2.32. The molecule has 0 saturated carbocycles. The molecule has 1 heterocycles. The second-order valence-corrected chi connectivity index (χ2v) is 4.81. The van der Waals surface area contributed by atoms with Crippen molar-refractivity contribution in [3.63, 3.8) is 0 Å². The summed E-state index contributed by atoms with van der Waals surface area (Å²) < 4.78 is 9.96. The fraction of sp³-hybridized carbons (Fsp3) is 0.385. The normalized spacial score (nSPS) is 18.8. The van der Waals surface area contributed by atoms with Crippen LogP contribution in [0, 0.1) is 5.92 Å². The Labute approximate surface area is 109 Å². The summed E-state index contributed by atoms with van der Waals surface area (Å²) >= 11 is 0. The van der Waals surface area contributed by atoms with Crippen molar-refractivity contribution in [3.8, 4) is 11.5 Å². The number of rotatable bonds is 2. The molecule has 0 unspecified atom stereocenters. The molecule has 0 radical (unpaired) electrons. The largest absolute Gasteiger partial charge is 0.508 e. The molecule has 2 rings (SSSR count). The average Bonchev–Trinajstić information content (AvgIpc) is 2.24. The van der Waals surface area contributed by atoms with Gasteiger partial charge in [0.05, 0.1) is 0 Å². The Kier molecular flexibility index (Phi) is 3.09.